The number of rotatable bonds is 7. The topological polar surface area (TPSA) is 114 Å². The quantitative estimate of drug-likeness (QED) is 0.589. The van der Waals surface area contributed by atoms with Gasteiger partial charge < -0.3 is 15.0 Å². The van der Waals surface area contributed by atoms with Crippen molar-refractivity contribution >= 4 is 22.5 Å². The van der Waals surface area contributed by atoms with E-state index in [4.69, 9.17) is 4.74 Å². The molecular weight excluding hydrogens is 326 g/mol. The molecule has 8 nitrogen and oxygen atoms in total. The summed E-state index contributed by atoms with van der Waals surface area (Å²) in [5.41, 5.74) is -0.137. The van der Waals surface area contributed by atoms with Crippen LogP contribution >= 0.6 is 0 Å². The molecule has 1 aromatic carbocycles. The van der Waals surface area contributed by atoms with Crippen LogP contribution in [0, 0.1) is 16.0 Å². The van der Waals surface area contributed by atoms with Gasteiger partial charge >= 0.3 is 0 Å². The maximum absolute atomic E-state index is 12.5. The van der Waals surface area contributed by atoms with E-state index in [0.29, 0.717) is 30.0 Å². The zero-order chi connectivity index (χ0) is 18.6. The van der Waals surface area contributed by atoms with Crippen molar-refractivity contribution in [2.75, 3.05) is 13.2 Å². The minimum absolute atomic E-state index is 0.0955. The van der Waals surface area contributed by atoms with Crippen LogP contribution in [0.25, 0.3) is 10.9 Å². The fourth-order valence-corrected chi connectivity index (χ4v) is 2.37. The number of hydrogen-bond acceptors (Lipinski definition) is 5. The number of nitrogens with one attached hydrogen (secondary N) is 2. The van der Waals surface area contributed by atoms with Gasteiger partial charge in [0, 0.05) is 41.8 Å². The van der Waals surface area contributed by atoms with Crippen LogP contribution in [0.3, 0.4) is 0 Å². The molecule has 1 heterocycles. The molecule has 1 amide bonds. The van der Waals surface area contributed by atoms with E-state index >= 15 is 0 Å². The number of carbonyl (C=O) groups is 1. The minimum atomic E-state index is -0.547. The highest BCUT2D eigenvalue weighted by Crippen LogP contribution is 2.21. The predicted octanol–water partition coefficient (Wildman–Crippen LogP) is 2.23. The van der Waals surface area contributed by atoms with Gasteiger partial charge in [-0.1, -0.05) is 13.8 Å². The van der Waals surface area contributed by atoms with Gasteiger partial charge in [-0.2, -0.15) is 0 Å². The molecule has 2 N–H and O–H groups in total. The average molecular weight is 347 g/mol. The Morgan fingerprint density at radius 1 is 1.28 bits per heavy atom. The summed E-state index contributed by atoms with van der Waals surface area (Å²) in [5.74, 6) is -0.0858. The number of carbonyl (C=O) groups excluding carboxylic acids is 1. The van der Waals surface area contributed by atoms with Gasteiger partial charge in [0.05, 0.1) is 17.1 Å². The Morgan fingerprint density at radius 3 is 2.64 bits per heavy atom. The van der Waals surface area contributed by atoms with Gasteiger partial charge in [0.2, 0.25) is 5.56 Å². The summed E-state index contributed by atoms with van der Waals surface area (Å²) in [4.78, 5) is 37.3. The van der Waals surface area contributed by atoms with E-state index in [-0.39, 0.29) is 17.3 Å². The van der Waals surface area contributed by atoms with E-state index in [9.17, 15) is 19.7 Å². The third kappa shape index (κ3) is 4.87. The molecule has 0 fully saturated rings. The molecular formula is C17H21N3O5. The largest absolute Gasteiger partial charge is 0.379 e. The molecule has 1 unspecified atom stereocenters. The van der Waals surface area contributed by atoms with E-state index in [2.05, 4.69) is 10.3 Å². The fourth-order valence-electron chi connectivity index (χ4n) is 2.37. The lowest BCUT2D eigenvalue weighted by Crippen LogP contribution is -2.36. The monoisotopic (exact) mass is 347 g/mol. The first kappa shape index (κ1) is 18.6. The SMILES string of the molecule is CC(C)COCC(C)NC(=O)c1cc(=O)[nH]c2ccc([N+](=O)[O-])cc12. The van der Waals surface area contributed by atoms with Gasteiger partial charge in [-0.15, -0.1) is 0 Å². The minimum Gasteiger partial charge on any atom is -0.379 e. The molecule has 1 aromatic heterocycles. The number of nitro benzene ring substituents is 1. The fraction of sp³-hybridized carbons (Fsp3) is 0.412. The first-order valence-electron chi connectivity index (χ1n) is 7.98. The van der Waals surface area contributed by atoms with Gasteiger partial charge in [-0.3, -0.25) is 19.7 Å². The van der Waals surface area contributed by atoms with Crippen LogP contribution in [0.1, 0.15) is 31.1 Å². The third-order valence-electron chi connectivity index (χ3n) is 3.48. The predicted molar refractivity (Wildman–Crippen MR) is 93.8 cm³/mol. The summed E-state index contributed by atoms with van der Waals surface area (Å²) in [7, 11) is 0. The summed E-state index contributed by atoms with van der Waals surface area (Å²) in [5, 5.41) is 14.0. The molecule has 2 aromatic rings. The first-order chi connectivity index (χ1) is 11.8. The Morgan fingerprint density at radius 2 is 2.00 bits per heavy atom. The third-order valence-corrected chi connectivity index (χ3v) is 3.48. The van der Waals surface area contributed by atoms with Gasteiger partial charge in [0.25, 0.3) is 11.6 Å². The van der Waals surface area contributed by atoms with Crippen molar-refractivity contribution in [2.24, 2.45) is 5.92 Å². The zero-order valence-corrected chi connectivity index (χ0v) is 14.4. The van der Waals surface area contributed by atoms with Crippen molar-refractivity contribution in [1.82, 2.24) is 10.3 Å². The van der Waals surface area contributed by atoms with E-state index in [1.807, 2.05) is 13.8 Å². The molecule has 0 bridgehead atoms. The highest BCUT2D eigenvalue weighted by molar-refractivity contribution is 6.06. The maximum atomic E-state index is 12.5. The molecule has 2 rings (SSSR count). The van der Waals surface area contributed by atoms with Crippen LogP contribution in [-0.2, 0) is 4.74 Å². The number of benzene rings is 1. The van der Waals surface area contributed by atoms with Crippen LogP contribution < -0.4 is 10.9 Å². The average Bonchev–Trinajstić information content (AvgIpc) is 2.52. The molecule has 0 saturated heterocycles. The number of non-ortho nitro benzene ring substituents is 1. The zero-order valence-electron chi connectivity index (χ0n) is 14.4. The Bertz CT molecular complexity index is 844. The van der Waals surface area contributed by atoms with Crippen molar-refractivity contribution in [2.45, 2.75) is 26.8 Å². The lowest BCUT2D eigenvalue weighted by atomic mass is 10.1. The molecule has 0 spiro atoms. The van der Waals surface area contributed by atoms with Gasteiger partial charge in [0.1, 0.15) is 0 Å². The second-order valence-corrected chi connectivity index (χ2v) is 6.34. The molecule has 1 atom stereocenters. The van der Waals surface area contributed by atoms with Crippen molar-refractivity contribution in [1.29, 1.82) is 0 Å². The first-order valence-corrected chi connectivity index (χ1v) is 7.98. The maximum Gasteiger partial charge on any atom is 0.270 e. The van der Waals surface area contributed by atoms with E-state index in [1.165, 1.54) is 18.2 Å². The molecule has 134 valence electrons. The summed E-state index contributed by atoms with van der Waals surface area (Å²) in [6.07, 6.45) is 0. The van der Waals surface area contributed by atoms with Crippen molar-refractivity contribution in [3.8, 4) is 0 Å². The molecule has 8 heteroatoms. The Balaban J connectivity index is 2.26. The Hall–Kier alpha value is -2.74. The van der Waals surface area contributed by atoms with Crippen molar-refractivity contribution in [3.63, 3.8) is 0 Å². The number of hydrogen-bond donors (Lipinski definition) is 2. The van der Waals surface area contributed by atoms with Gasteiger partial charge in [-0.05, 0) is 18.9 Å². The molecule has 0 aliphatic heterocycles. The van der Waals surface area contributed by atoms with Crippen molar-refractivity contribution < 1.29 is 14.5 Å². The number of ether oxygens (including phenoxy) is 1. The van der Waals surface area contributed by atoms with Crippen LogP contribution in [0.4, 0.5) is 5.69 Å². The number of pyridine rings is 1. The number of aromatic amines is 1. The van der Waals surface area contributed by atoms with Gasteiger partial charge in [0.15, 0.2) is 0 Å². The second kappa shape index (κ2) is 7.89. The number of nitro groups is 1. The standard InChI is InChI=1S/C17H21N3O5/c1-10(2)8-25-9-11(3)18-17(22)14-7-16(21)19-15-5-4-12(20(23)24)6-13(14)15/h4-7,10-11H,8-9H2,1-3H3,(H,18,22)(H,19,21). The molecule has 0 radical (unpaired) electrons. The smallest absolute Gasteiger partial charge is 0.270 e. The highest BCUT2D eigenvalue weighted by atomic mass is 16.6. The van der Waals surface area contributed by atoms with Crippen LogP contribution in [0.5, 0.6) is 0 Å². The van der Waals surface area contributed by atoms with E-state index in [0.717, 1.165) is 6.07 Å². The summed E-state index contributed by atoms with van der Waals surface area (Å²) < 4.78 is 5.48. The number of fused-ring (bicyclic) bond motifs is 1. The molecule has 0 aliphatic rings. The second-order valence-electron chi connectivity index (χ2n) is 6.34. The number of H-pyrrole nitrogens is 1. The lowest BCUT2D eigenvalue weighted by Gasteiger charge is -2.16. The Kier molecular flexibility index (Phi) is 5.87. The van der Waals surface area contributed by atoms with Crippen LogP contribution in [0.15, 0.2) is 29.1 Å². The van der Waals surface area contributed by atoms with Crippen molar-refractivity contribution in [3.05, 3.63) is 50.3 Å². The highest BCUT2D eigenvalue weighted by Gasteiger charge is 2.17. The van der Waals surface area contributed by atoms with E-state index in [1.54, 1.807) is 6.92 Å². The number of nitrogens with zero attached hydrogens (tertiary/aromatic N) is 1. The summed E-state index contributed by atoms with van der Waals surface area (Å²) in [6, 6.07) is 4.85. The molecule has 0 saturated carbocycles. The van der Waals surface area contributed by atoms with Crippen LogP contribution in [0.2, 0.25) is 0 Å². The lowest BCUT2D eigenvalue weighted by molar-refractivity contribution is -0.384. The normalized spacial score (nSPS) is 12.3. The number of amides is 1. The Labute approximate surface area is 144 Å². The van der Waals surface area contributed by atoms with Gasteiger partial charge in [-0.25, -0.2) is 0 Å². The molecule has 0 aliphatic carbocycles. The summed E-state index contributed by atoms with van der Waals surface area (Å²) >= 11 is 0. The van der Waals surface area contributed by atoms with E-state index < -0.39 is 16.4 Å². The molecule has 25 heavy (non-hydrogen) atoms. The van der Waals surface area contributed by atoms with Crippen LogP contribution in [-0.4, -0.2) is 35.1 Å². The summed E-state index contributed by atoms with van der Waals surface area (Å²) in [6.45, 7) is 6.76. The number of aromatic nitrogens is 1.